The lowest BCUT2D eigenvalue weighted by Crippen LogP contribution is -2.14. The fraction of sp³-hybridized carbons (Fsp3) is 0.333. The van der Waals surface area contributed by atoms with Crippen LogP contribution in [0.25, 0.3) is 4.85 Å². The molecule has 148 valence electrons. The Morgan fingerprint density at radius 2 is 2.17 bits per heavy atom. The number of ether oxygens (including phenoxy) is 1. The van der Waals surface area contributed by atoms with Gasteiger partial charge in [-0.05, 0) is 56.4 Å². The highest BCUT2D eigenvalue weighted by Gasteiger charge is 2.28. The minimum Gasteiger partial charge on any atom is -0.490 e. The normalized spacial score (nSPS) is 13.0. The first-order valence-corrected chi connectivity index (χ1v) is 9.64. The van der Waals surface area contributed by atoms with Gasteiger partial charge in [-0.2, -0.15) is 5.10 Å². The van der Waals surface area contributed by atoms with E-state index in [4.69, 9.17) is 11.3 Å². The number of aryl methyl sites for hydroxylation is 2. The van der Waals surface area contributed by atoms with Crippen molar-refractivity contribution in [1.29, 1.82) is 0 Å². The van der Waals surface area contributed by atoms with Gasteiger partial charge in [0.05, 0.1) is 18.0 Å². The van der Waals surface area contributed by atoms with Crippen molar-refractivity contribution >= 4 is 23.1 Å². The number of aromatic nitrogens is 4. The molecular weight excluding hydrogens is 366 g/mol. The third-order valence-corrected chi connectivity index (χ3v) is 4.73. The summed E-state index contributed by atoms with van der Waals surface area (Å²) in [6.07, 6.45) is 3.96. The molecule has 0 saturated heterocycles. The molecule has 8 heteroatoms. The topological polar surface area (TPSA) is 92.1 Å². The predicted octanol–water partition coefficient (Wildman–Crippen LogP) is 4.48. The number of aromatic amines is 1. The van der Waals surface area contributed by atoms with Crippen LogP contribution < -0.4 is 15.4 Å². The summed E-state index contributed by atoms with van der Waals surface area (Å²) in [5.74, 6) is 3.23. The van der Waals surface area contributed by atoms with Gasteiger partial charge in [0.1, 0.15) is 29.8 Å². The van der Waals surface area contributed by atoms with Gasteiger partial charge in [-0.1, -0.05) is 0 Å². The van der Waals surface area contributed by atoms with Crippen LogP contribution in [0, 0.1) is 20.4 Å². The molecule has 3 heterocycles. The molecular formula is C21H23N7O. The first-order valence-electron chi connectivity index (χ1n) is 9.64. The maximum Gasteiger partial charge on any atom is 0.231 e. The van der Waals surface area contributed by atoms with Gasteiger partial charge in [-0.3, -0.25) is 10.1 Å². The fourth-order valence-corrected chi connectivity index (χ4v) is 3.14. The van der Waals surface area contributed by atoms with Gasteiger partial charge in [-0.25, -0.2) is 9.83 Å². The van der Waals surface area contributed by atoms with E-state index in [-0.39, 0.29) is 0 Å². The number of rotatable bonds is 8. The van der Waals surface area contributed by atoms with Crippen molar-refractivity contribution in [3.63, 3.8) is 0 Å². The maximum absolute atomic E-state index is 7.65. The minimum absolute atomic E-state index is 0.431. The highest BCUT2D eigenvalue weighted by Crippen LogP contribution is 2.47. The molecule has 1 aliphatic carbocycles. The van der Waals surface area contributed by atoms with Gasteiger partial charge in [0.25, 0.3) is 0 Å². The molecule has 0 bridgehead atoms. The van der Waals surface area contributed by atoms with Crippen LogP contribution in [0.2, 0.25) is 0 Å². The number of nitrogens with one attached hydrogen (secondary N) is 3. The molecule has 3 aromatic rings. The number of anilines is 3. The molecule has 0 aromatic carbocycles. The van der Waals surface area contributed by atoms with Gasteiger partial charge in [0, 0.05) is 18.8 Å². The Kier molecular flexibility index (Phi) is 5.29. The third-order valence-electron chi connectivity index (χ3n) is 4.73. The first-order chi connectivity index (χ1) is 14.1. The molecule has 0 spiro atoms. The van der Waals surface area contributed by atoms with Gasteiger partial charge in [0.15, 0.2) is 0 Å². The summed E-state index contributed by atoms with van der Waals surface area (Å²) >= 11 is 0. The summed E-state index contributed by atoms with van der Waals surface area (Å²) in [6.45, 7) is 12.5. The van der Waals surface area contributed by atoms with E-state index in [1.807, 2.05) is 38.1 Å². The molecule has 3 N–H and O–H groups in total. The van der Waals surface area contributed by atoms with Crippen molar-refractivity contribution in [3.05, 3.63) is 58.8 Å². The average molecular weight is 389 g/mol. The Balaban J connectivity index is 1.49. The SMILES string of the molecule is [C-]#[N+]c1c(C2CC2)cc(Nc2cc(C)n[nH]2)nc1NCCOc1cccnc1C. The molecule has 0 amide bonds. The summed E-state index contributed by atoms with van der Waals surface area (Å²) < 4.78 is 5.79. The largest absolute Gasteiger partial charge is 0.490 e. The second kappa shape index (κ2) is 8.19. The van der Waals surface area contributed by atoms with Crippen LogP contribution in [0.1, 0.15) is 35.7 Å². The zero-order chi connectivity index (χ0) is 20.2. The summed E-state index contributed by atoms with van der Waals surface area (Å²) in [5, 5.41) is 13.6. The summed E-state index contributed by atoms with van der Waals surface area (Å²) in [5.41, 5.74) is 3.38. The molecule has 1 saturated carbocycles. The average Bonchev–Trinajstić information content (AvgIpc) is 3.48. The second-order valence-corrected chi connectivity index (χ2v) is 7.09. The monoisotopic (exact) mass is 389 g/mol. The zero-order valence-electron chi connectivity index (χ0n) is 16.5. The summed E-state index contributed by atoms with van der Waals surface area (Å²) in [6, 6.07) is 7.64. The van der Waals surface area contributed by atoms with E-state index in [2.05, 4.69) is 35.6 Å². The fourth-order valence-electron chi connectivity index (χ4n) is 3.14. The van der Waals surface area contributed by atoms with E-state index >= 15 is 0 Å². The van der Waals surface area contributed by atoms with Crippen molar-refractivity contribution in [1.82, 2.24) is 20.2 Å². The summed E-state index contributed by atoms with van der Waals surface area (Å²) in [4.78, 5) is 12.6. The lowest BCUT2D eigenvalue weighted by molar-refractivity contribution is 0.329. The zero-order valence-corrected chi connectivity index (χ0v) is 16.5. The Morgan fingerprint density at radius 3 is 2.86 bits per heavy atom. The van der Waals surface area contributed by atoms with E-state index in [9.17, 15) is 0 Å². The number of H-pyrrole nitrogens is 1. The van der Waals surface area contributed by atoms with Crippen LogP contribution in [-0.2, 0) is 0 Å². The first kappa shape index (κ1) is 18.7. The lowest BCUT2D eigenvalue weighted by atomic mass is 10.1. The summed E-state index contributed by atoms with van der Waals surface area (Å²) in [7, 11) is 0. The van der Waals surface area contributed by atoms with E-state index in [0.717, 1.165) is 41.4 Å². The predicted molar refractivity (Wildman–Crippen MR) is 112 cm³/mol. The molecule has 3 aromatic heterocycles. The Bertz CT molecular complexity index is 1050. The second-order valence-electron chi connectivity index (χ2n) is 7.09. The molecule has 0 radical (unpaired) electrons. The van der Waals surface area contributed by atoms with Crippen LogP contribution in [-0.4, -0.2) is 33.3 Å². The third kappa shape index (κ3) is 4.46. The van der Waals surface area contributed by atoms with Crippen molar-refractivity contribution in [3.8, 4) is 5.75 Å². The van der Waals surface area contributed by atoms with Gasteiger partial charge < -0.3 is 15.4 Å². The van der Waals surface area contributed by atoms with Crippen molar-refractivity contribution in [2.24, 2.45) is 0 Å². The smallest absolute Gasteiger partial charge is 0.231 e. The minimum atomic E-state index is 0.431. The molecule has 0 aliphatic heterocycles. The number of nitrogens with zero attached hydrogens (tertiary/aromatic N) is 4. The van der Waals surface area contributed by atoms with E-state index in [0.29, 0.717) is 36.4 Å². The molecule has 8 nitrogen and oxygen atoms in total. The Hall–Kier alpha value is -3.60. The Labute approximate surface area is 169 Å². The van der Waals surface area contributed by atoms with Gasteiger partial charge in [-0.15, -0.1) is 0 Å². The lowest BCUT2D eigenvalue weighted by Gasteiger charge is -2.14. The van der Waals surface area contributed by atoms with E-state index < -0.39 is 0 Å². The molecule has 0 atom stereocenters. The highest BCUT2D eigenvalue weighted by molar-refractivity contribution is 5.75. The van der Waals surface area contributed by atoms with E-state index in [1.54, 1.807) is 6.20 Å². The van der Waals surface area contributed by atoms with Crippen LogP contribution >= 0.6 is 0 Å². The quantitative estimate of drug-likeness (QED) is 0.389. The van der Waals surface area contributed by atoms with Crippen LogP contribution in [0.5, 0.6) is 5.75 Å². The molecule has 29 heavy (non-hydrogen) atoms. The van der Waals surface area contributed by atoms with Crippen LogP contribution in [0.4, 0.5) is 23.1 Å². The standard InChI is InChI=1S/C21H23N7O/c1-13-11-19(28-27-13)25-18-12-16(15-6-7-15)20(22-3)21(26-18)24-9-10-29-17-5-4-8-23-14(17)2/h4-5,8,11-12,15H,6-7,9-10H2,1-2H3,(H3,24,25,26,27,28). The van der Waals surface area contributed by atoms with Gasteiger partial charge in [0.2, 0.25) is 5.69 Å². The van der Waals surface area contributed by atoms with Crippen LogP contribution in [0.3, 0.4) is 0 Å². The molecule has 1 fully saturated rings. The maximum atomic E-state index is 7.65. The number of pyridine rings is 2. The van der Waals surface area contributed by atoms with Crippen molar-refractivity contribution in [2.75, 3.05) is 23.8 Å². The van der Waals surface area contributed by atoms with Crippen molar-refractivity contribution in [2.45, 2.75) is 32.6 Å². The molecule has 1 aliphatic rings. The molecule has 0 unspecified atom stereocenters. The Morgan fingerprint density at radius 1 is 1.31 bits per heavy atom. The number of hydrogen-bond acceptors (Lipinski definition) is 6. The van der Waals surface area contributed by atoms with Gasteiger partial charge >= 0.3 is 0 Å². The highest BCUT2D eigenvalue weighted by atomic mass is 16.5. The molecule has 4 rings (SSSR count). The number of hydrogen-bond donors (Lipinski definition) is 3. The van der Waals surface area contributed by atoms with Crippen LogP contribution in [0.15, 0.2) is 30.5 Å². The van der Waals surface area contributed by atoms with Crippen molar-refractivity contribution < 1.29 is 4.74 Å². The van der Waals surface area contributed by atoms with E-state index in [1.165, 1.54) is 0 Å².